The molecule has 3 saturated heterocycles. The predicted molar refractivity (Wildman–Crippen MR) is 178 cm³/mol. The third kappa shape index (κ3) is 10.8. The summed E-state index contributed by atoms with van der Waals surface area (Å²) in [4.78, 5) is 24.8. The topological polar surface area (TPSA) is 255 Å². The summed E-state index contributed by atoms with van der Waals surface area (Å²) in [6.45, 7) is 2.56. The zero-order valence-electron chi connectivity index (χ0n) is 30.0. The van der Waals surface area contributed by atoms with Crippen molar-refractivity contribution in [3.05, 3.63) is 35.4 Å². The summed E-state index contributed by atoms with van der Waals surface area (Å²) in [5, 5.41) is 78.7. The van der Waals surface area contributed by atoms with Crippen LogP contribution in [-0.2, 0) is 44.6 Å². The molecule has 17 heteroatoms. The average Bonchev–Trinajstić information content (AvgIpc) is 3.15. The molecule has 4 aliphatic rings. The summed E-state index contributed by atoms with van der Waals surface area (Å²) in [5.74, 6) is -1.44. The van der Waals surface area contributed by atoms with E-state index in [0.717, 1.165) is 43.2 Å². The van der Waals surface area contributed by atoms with E-state index in [9.17, 15) is 45.3 Å². The second kappa shape index (κ2) is 19.4. The Morgan fingerprint density at radius 3 is 2.25 bits per heavy atom. The largest absolute Gasteiger partial charge is 0.547 e. The first-order valence-electron chi connectivity index (χ1n) is 18.4. The Labute approximate surface area is 308 Å². The smallest absolute Gasteiger partial charge is 0.407 e. The van der Waals surface area contributed by atoms with Gasteiger partial charge in [0.1, 0.15) is 61.5 Å². The number of aryl methyl sites for hydroxylation is 1. The number of carbonyl (C=O) groups excluding carboxylic acids is 2. The SMILES string of the molecule is Cc1ccc(COC(=O)NCC2OCCC(OC3OC(CO)C(O)C(OC(CC4CCCCC4)C(=O)[O-])C3O)C2OC2OC(C)C(O)C(O)C2O)cc1. The van der Waals surface area contributed by atoms with Gasteiger partial charge in [0.05, 0.1) is 30.9 Å². The van der Waals surface area contributed by atoms with Crippen molar-refractivity contribution in [2.75, 3.05) is 19.8 Å². The molecule has 14 unspecified atom stereocenters. The number of aliphatic hydroxyl groups is 6. The molecule has 0 spiro atoms. The van der Waals surface area contributed by atoms with Crippen LogP contribution >= 0.6 is 0 Å². The van der Waals surface area contributed by atoms with E-state index in [0.29, 0.717) is 0 Å². The van der Waals surface area contributed by atoms with Gasteiger partial charge in [-0.2, -0.15) is 0 Å². The minimum atomic E-state index is -1.76. The molecule has 0 bridgehead atoms. The van der Waals surface area contributed by atoms with E-state index in [2.05, 4.69) is 5.32 Å². The van der Waals surface area contributed by atoms with Gasteiger partial charge in [-0.05, 0) is 38.2 Å². The minimum absolute atomic E-state index is 0.000978. The lowest BCUT2D eigenvalue weighted by Crippen LogP contribution is -2.64. The molecule has 300 valence electrons. The molecule has 5 rings (SSSR count). The monoisotopic (exact) mass is 756 g/mol. The third-order valence-corrected chi connectivity index (χ3v) is 10.5. The second-order valence-electron chi connectivity index (χ2n) is 14.5. The highest BCUT2D eigenvalue weighted by Gasteiger charge is 2.51. The molecule has 53 heavy (non-hydrogen) atoms. The first-order valence-corrected chi connectivity index (χ1v) is 18.4. The molecule has 1 aliphatic carbocycles. The van der Waals surface area contributed by atoms with Crippen molar-refractivity contribution in [2.24, 2.45) is 5.92 Å². The summed E-state index contributed by atoms with van der Waals surface area (Å²) >= 11 is 0. The number of alkyl carbamates (subject to hydrolysis) is 1. The summed E-state index contributed by atoms with van der Waals surface area (Å²) in [5.41, 5.74) is 1.82. The van der Waals surface area contributed by atoms with E-state index in [-0.39, 0.29) is 38.5 Å². The summed E-state index contributed by atoms with van der Waals surface area (Å²) in [7, 11) is 0. The van der Waals surface area contributed by atoms with Crippen molar-refractivity contribution in [1.29, 1.82) is 0 Å². The molecule has 0 radical (unpaired) electrons. The van der Waals surface area contributed by atoms with Crippen molar-refractivity contribution in [3.8, 4) is 0 Å². The number of hydrogen-bond acceptors (Lipinski definition) is 16. The van der Waals surface area contributed by atoms with Gasteiger partial charge >= 0.3 is 6.09 Å². The molecule has 1 aromatic rings. The number of hydrogen-bond donors (Lipinski definition) is 7. The molecule has 1 amide bonds. The fourth-order valence-electron chi connectivity index (χ4n) is 7.30. The van der Waals surface area contributed by atoms with Gasteiger partial charge in [0.25, 0.3) is 0 Å². The van der Waals surface area contributed by atoms with Crippen LogP contribution in [0.25, 0.3) is 0 Å². The Morgan fingerprint density at radius 2 is 1.57 bits per heavy atom. The highest BCUT2D eigenvalue weighted by atomic mass is 16.7. The van der Waals surface area contributed by atoms with Gasteiger partial charge in [-0.3, -0.25) is 0 Å². The van der Waals surface area contributed by atoms with E-state index in [1.165, 1.54) is 6.92 Å². The lowest BCUT2D eigenvalue weighted by molar-refractivity contribution is -0.359. The summed E-state index contributed by atoms with van der Waals surface area (Å²) in [6, 6.07) is 7.43. The average molecular weight is 757 g/mol. The van der Waals surface area contributed by atoms with E-state index in [1.54, 1.807) is 0 Å². The lowest BCUT2D eigenvalue weighted by atomic mass is 9.85. The maximum atomic E-state index is 12.7. The van der Waals surface area contributed by atoms with Gasteiger partial charge in [-0.15, -0.1) is 0 Å². The van der Waals surface area contributed by atoms with Gasteiger partial charge in [0.2, 0.25) is 0 Å². The fraction of sp³-hybridized carbons (Fsp3) is 0.778. The molecule has 3 aliphatic heterocycles. The van der Waals surface area contributed by atoms with Crippen LogP contribution in [-0.4, -0.2) is 148 Å². The van der Waals surface area contributed by atoms with Crippen LogP contribution in [0.4, 0.5) is 4.79 Å². The molecule has 4 fully saturated rings. The number of carboxylic acid groups (broad SMARTS) is 1. The van der Waals surface area contributed by atoms with Gasteiger partial charge in [0, 0.05) is 13.2 Å². The summed E-state index contributed by atoms with van der Waals surface area (Å²) < 4.78 is 40.9. The maximum absolute atomic E-state index is 12.7. The molecule has 1 aromatic carbocycles. The molecule has 3 heterocycles. The first-order chi connectivity index (χ1) is 25.4. The van der Waals surface area contributed by atoms with E-state index < -0.39 is 104 Å². The highest BCUT2D eigenvalue weighted by Crippen LogP contribution is 2.34. The van der Waals surface area contributed by atoms with Crippen LogP contribution in [0.1, 0.15) is 63.0 Å². The van der Waals surface area contributed by atoms with Gasteiger partial charge in [-0.1, -0.05) is 61.9 Å². The van der Waals surface area contributed by atoms with E-state index >= 15 is 0 Å². The maximum Gasteiger partial charge on any atom is 0.407 e. The van der Waals surface area contributed by atoms with Crippen LogP contribution in [0.15, 0.2) is 24.3 Å². The number of carbonyl (C=O) groups is 2. The Hall–Kier alpha value is -2.52. The van der Waals surface area contributed by atoms with Crippen molar-refractivity contribution in [3.63, 3.8) is 0 Å². The molecular formula is C36H54NO16-. The van der Waals surface area contributed by atoms with Gasteiger partial charge in [0.15, 0.2) is 12.6 Å². The fourth-order valence-corrected chi connectivity index (χ4v) is 7.30. The number of amides is 1. The van der Waals surface area contributed by atoms with Crippen LogP contribution in [0, 0.1) is 12.8 Å². The van der Waals surface area contributed by atoms with Crippen molar-refractivity contribution >= 4 is 12.1 Å². The number of benzene rings is 1. The lowest BCUT2D eigenvalue weighted by Gasteiger charge is -2.47. The molecule has 7 N–H and O–H groups in total. The van der Waals surface area contributed by atoms with Crippen molar-refractivity contribution < 1.29 is 78.5 Å². The van der Waals surface area contributed by atoms with Crippen LogP contribution in [0.2, 0.25) is 0 Å². The van der Waals surface area contributed by atoms with Crippen LogP contribution in [0.5, 0.6) is 0 Å². The second-order valence-corrected chi connectivity index (χ2v) is 14.5. The molecule has 1 saturated carbocycles. The number of aliphatic hydroxyl groups excluding tert-OH is 6. The molecule has 17 nitrogen and oxygen atoms in total. The number of aliphatic carboxylic acids is 1. The van der Waals surface area contributed by atoms with Gasteiger partial charge in [-0.25, -0.2) is 4.79 Å². The molecule has 14 atom stereocenters. The quantitative estimate of drug-likeness (QED) is 0.114. The standard InChI is InChI=1S/C36H55NO16/c1-18-8-10-21(11-9-18)17-48-36(46)37-15-24-31(53-34-29(42)28(41)26(39)19(2)49-34)22(12-13-47-24)51-35-30(43)32(27(40)25(16-38)52-35)50-23(33(44)45)14-20-6-4-3-5-7-20/h8-11,19-20,22-32,34-35,38-43H,3-7,12-17H2,1-2H3,(H,37,46)(H,44,45)/p-1. The Morgan fingerprint density at radius 1 is 0.868 bits per heavy atom. The van der Waals surface area contributed by atoms with Crippen molar-refractivity contribution in [2.45, 2.75) is 151 Å². The predicted octanol–water partition coefficient (Wildman–Crippen LogP) is -1.48. The number of nitrogens with one attached hydrogen (secondary N) is 1. The zero-order valence-corrected chi connectivity index (χ0v) is 30.0. The van der Waals surface area contributed by atoms with Crippen LogP contribution in [0.3, 0.4) is 0 Å². The third-order valence-electron chi connectivity index (χ3n) is 10.5. The Balaban J connectivity index is 1.31. The minimum Gasteiger partial charge on any atom is -0.547 e. The van der Waals surface area contributed by atoms with E-state index in [4.69, 9.17) is 33.2 Å². The number of rotatable bonds is 14. The number of carboxylic acids is 1. The first kappa shape index (κ1) is 41.6. The molecule has 0 aromatic heterocycles. The summed E-state index contributed by atoms with van der Waals surface area (Å²) in [6.07, 6.45) is -15.7. The Bertz CT molecular complexity index is 1300. The van der Waals surface area contributed by atoms with Gasteiger partial charge < -0.3 is 79.0 Å². The zero-order chi connectivity index (χ0) is 38.2. The number of ether oxygens (including phenoxy) is 7. The van der Waals surface area contributed by atoms with Crippen molar-refractivity contribution in [1.82, 2.24) is 5.32 Å². The highest BCUT2D eigenvalue weighted by molar-refractivity contribution is 5.70. The molecular weight excluding hydrogens is 702 g/mol. The van der Waals surface area contributed by atoms with Crippen LogP contribution < -0.4 is 10.4 Å². The Kier molecular flexibility index (Phi) is 15.2. The van der Waals surface area contributed by atoms with E-state index in [1.807, 2.05) is 31.2 Å². The normalized spacial score (nSPS) is 37.5.